The van der Waals surface area contributed by atoms with Crippen LogP contribution in [0, 0.1) is 19.3 Å². The summed E-state index contributed by atoms with van der Waals surface area (Å²) in [7, 11) is 1.61. The van der Waals surface area contributed by atoms with Gasteiger partial charge in [0.15, 0.2) is 0 Å². The van der Waals surface area contributed by atoms with Crippen LogP contribution in [-0.2, 0) is 30.9 Å². The molecule has 0 atom stereocenters. The average molecular weight is 611 g/mol. The number of methoxy groups -OCH3 is 1. The van der Waals surface area contributed by atoms with Crippen molar-refractivity contribution in [1.82, 2.24) is 9.80 Å². The lowest BCUT2D eigenvalue weighted by atomic mass is 9.82. The summed E-state index contributed by atoms with van der Waals surface area (Å²) >= 11 is 0. The first-order valence-electron chi connectivity index (χ1n) is 16.1. The number of rotatable bonds is 9. The van der Waals surface area contributed by atoms with E-state index in [9.17, 15) is 0 Å². The quantitative estimate of drug-likeness (QED) is 0.178. The second kappa shape index (κ2) is 17.0. The maximum atomic E-state index is 5.93. The van der Waals surface area contributed by atoms with Gasteiger partial charge in [-0.2, -0.15) is 0 Å². The van der Waals surface area contributed by atoms with Crippen LogP contribution in [0.3, 0.4) is 0 Å². The molecule has 2 aliphatic heterocycles. The monoisotopic (exact) mass is 610 g/mol. The molecule has 0 amide bonds. The molecule has 2 aliphatic rings. The van der Waals surface area contributed by atoms with E-state index in [0.29, 0.717) is 19.2 Å². The minimum Gasteiger partial charge on any atom is -0.497 e. The Balaban J connectivity index is 0.000000313. The van der Waals surface area contributed by atoms with Crippen LogP contribution in [0.5, 0.6) is 11.5 Å². The van der Waals surface area contributed by atoms with Gasteiger partial charge >= 0.3 is 0 Å². The van der Waals surface area contributed by atoms with Gasteiger partial charge in [-0.15, -0.1) is 0 Å². The van der Waals surface area contributed by atoms with E-state index in [1.807, 2.05) is 26.0 Å². The Labute approximate surface area is 272 Å². The third kappa shape index (κ3) is 10.7. The van der Waals surface area contributed by atoms with Crippen LogP contribution in [0.4, 0.5) is 0 Å². The number of hydrogen-bond acceptors (Lipinski definition) is 5. The van der Waals surface area contributed by atoms with Crippen molar-refractivity contribution in [2.75, 3.05) is 20.6 Å². The highest BCUT2D eigenvalue weighted by Crippen LogP contribution is 2.30. The molecule has 45 heavy (non-hydrogen) atoms. The van der Waals surface area contributed by atoms with Crippen LogP contribution in [0.25, 0.3) is 0 Å². The number of allylic oxidation sites excluding steroid dienone is 3. The number of aryl methyl sites for hydroxylation is 2. The highest BCUT2D eigenvalue weighted by molar-refractivity contribution is 5.39. The van der Waals surface area contributed by atoms with E-state index in [1.54, 1.807) is 7.11 Å². The molecule has 0 radical (unpaired) electrons. The zero-order valence-corrected chi connectivity index (χ0v) is 28.9. The summed E-state index contributed by atoms with van der Waals surface area (Å²) in [6, 6.07) is 21.8. The molecule has 0 saturated carbocycles. The van der Waals surface area contributed by atoms with Gasteiger partial charge in [-0.25, -0.2) is 0 Å². The summed E-state index contributed by atoms with van der Waals surface area (Å²) in [6.07, 6.45) is 4.89. The summed E-state index contributed by atoms with van der Waals surface area (Å²) in [5.41, 5.74) is 9.00. The fourth-order valence-electron chi connectivity index (χ4n) is 5.02. The number of ether oxygens (including phenoxy) is 3. The van der Waals surface area contributed by atoms with Gasteiger partial charge in [-0.1, -0.05) is 114 Å². The number of benzene rings is 3. The smallest absolute Gasteiger partial charge is 0.142 e. The van der Waals surface area contributed by atoms with Crippen LogP contribution in [0.1, 0.15) is 74.4 Å². The zero-order chi connectivity index (χ0) is 33.0. The fraction of sp³-hybridized carbons (Fsp3) is 0.400. The molecule has 0 unspecified atom stereocenters. The fourth-order valence-corrected chi connectivity index (χ4v) is 5.02. The Morgan fingerprint density at radius 2 is 1.22 bits per heavy atom. The van der Waals surface area contributed by atoms with E-state index in [4.69, 9.17) is 14.2 Å². The maximum absolute atomic E-state index is 5.93. The van der Waals surface area contributed by atoms with Crippen LogP contribution < -0.4 is 9.47 Å². The Morgan fingerprint density at radius 3 is 1.62 bits per heavy atom. The first kappa shape index (κ1) is 35.7. The van der Waals surface area contributed by atoms with Gasteiger partial charge in [0.05, 0.1) is 7.11 Å². The molecule has 2 heterocycles. The van der Waals surface area contributed by atoms with Crippen molar-refractivity contribution in [1.29, 1.82) is 0 Å². The molecule has 242 valence electrons. The van der Waals surface area contributed by atoms with Gasteiger partial charge in [0.2, 0.25) is 0 Å². The molecule has 0 N–H and O–H groups in total. The van der Waals surface area contributed by atoms with Crippen LogP contribution in [0.2, 0.25) is 0 Å². The largest absolute Gasteiger partial charge is 0.497 e. The average Bonchev–Trinajstić information content (AvgIpc) is 3.05. The third-order valence-corrected chi connectivity index (χ3v) is 8.35. The molecular formula is C40H54N2O3. The van der Waals surface area contributed by atoms with E-state index < -0.39 is 0 Å². The highest BCUT2D eigenvalue weighted by atomic mass is 16.5. The van der Waals surface area contributed by atoms with E-state index in [-0.39, 0.29) is 5.41 Å². The highest BCUT2D eigenvalue weighted by Gasteiger charge is 2.19. The molecule has 0 bridgehead atoms. The van der Waals surface area contributed by atoms with Gasteiger partial charge in [-0.3, -0.25) is 9.80 Å². The Hall–Kier alpha value is -3.80. The Bertz CT molecular complexity index is 1350. The van der Waals surface area contributed by atoms with E-state index in [0.717, 1.165) is 49.7 Å². The summed E-state index contributed by atoms with van der Waals surface area (Å²) in [6.45, 7) is 27.4. The van der Waals surface area contributed by atoms with Gasteiger partial charge in [0.1, 0.15) is 30.7 Å². The van der Waals surface area contributed by atoms with Crippen molar-refractivity contribution < 1.29 is 14.2 Å². The van der Waals surface area contributed by atoms with Crippen molar-refractivity contribution in [3.8, 4) is 11.5 Å². The van der Waals surface area contributed by atoms with E-state index in [1.165, 1.54) is 33.4 Å². The van der Waals surface area contributed by atoms with Gasteiger partial charge in [0.25, 0.3) is 0 Å². The lowest BCUT2D eigenvalue weighted by Gasteiger charge is -2.30. The zero-order valence-electron chi connectivity index (χ0n) is 28.9. The first-order chi connectivity index (χ1) is 21.6. The molecule has 3 aromatic rings. The summed E-state index contributed by atoms with van der Waals surface area (Å²) in [5, 5.41) is 0. The van der Waals surface area contributed by atoms with Gasteiger partial charge in [0, 0.05) is 37.3 Å². The normalized spacial score (nSPS) is 14.4. The maximum Gasteiger partial charge on any atom is 0.142 e. The molecule has 5 nitrogen and oxygen atoms in total. The first-order valence-corrected chi connectivity index (χ1v) is 16.1. The summed E-state index contributed by atoms with van der Waals surface area (Å²) < 4.78 is 16.8. The summed E-state index contributed by atoms with van der Waals surface area (Å²) in [5.74, 6) is 2.70. The van der Waals surface area contributed by atoms with Crippen molar-refractivity contribution in [2.24, 2.45) is 5.41 Å². The molecule has 3 aromatic carbocycles. The Kier molecular flexibility index (Phi) is 13.5. The molecule has 5 heteroatoms. The second-order valence-corrected chi connectivity index (χ2v) is 12.3. The Morgan fingerprint density at radius 1 is 0.778 bits per heavy atom. The van der Waals surface area contributed by atoms with Crippen molar-refractivity contribution in [3.63, 3.8) is 0 Å². The lowest BCUT2D eigenvalue weighted by molar-refractivity contribution is 0.0878. The number of fused-ring (bicyclic) bond motifs is 2. The van der Waals surface area contributed by atoms with Crippen molar-refractivity contribution >= 4 is 0 Å². The molecule has 0 aliphatic carbocycles. The van der Waals surface area contributed by atoms with E-state index in [2.05, 4.69) is 118 Å². The number of hydrogen-bond donors (Lipinski definition) is 0. The second-order valence-electron chi connectivity index (χ2n) is 12.3. The molecule has 5 rings (SSSR count). The topological polar surface area (TPSA) is 34.2 Å². The number of nitrogens with zero attached hydrogens (tertiary/aromatic N) is 2. The molecular weight excluding hydrogens is 556 g/mol. The predicted molar refractivity (Wildman–Crippen MR) is 188 cm³/mol. The molecule has 0 fully saturated rings. The molecule has 0 spiro atoms. The minimum atomic E-state index is 0.157. The van der Waals surface area contributed by atoms with Crippen LogP contribution >= 0.6 is 0 Å². The van der Waals surface area contributed by atoms with Crippen LogP contribution in [-0.4, -0.2) is 30.4 Å². The SMILES string of the molecule is C=C(/C=C\C(=C)C(C)(C)CC)OC.CC.Cc1ccc2c(c1)CN(Cc1ccc(CN3COc4ccc(C)cc4C3)cc1)CO2. The third-order valence-electron chi connectivity index (χ3n) is 8.35. The predicted octanol–water partition coefficient (Wildman–Crippen LogP) is 9.73. The standard InChI is InChI=1S/C26H28N2O2.C12H20O.C2H6/c1-19-3-9-25-23(11-19)15-27(17-29-25)13-21-5-7-22(8-6-21)14-28-16-24-12-20(2)4-10-26(24)30-18-28;1-7-12(4,5)10(2)8-9-11(3)13-6;1-2/h3-12H,13-18H2,1-2H3;8-9H,2-3,7H2,1,4-6H3;1-2H3/b;9-8-;. The molecule has 0 saturated heterocycles. The van der Waals surface area contributed by atoms with Gasteiger partial charge in [-0.05, 0) is 60.6 Å². The van der Waals surface area contributed by atoms with Gasteiger partial charge < -0.3 is 14.2 Å². The van der Waals surface area contributed by atoms with Crippen molar-refractivity contribution in [3.05, 3.63) is 131 Å². The van der Waals surface area contributed by atoms with Crippen molar-refractivity contribution in [2.45, 2.75) is 81.1 Å². The van der Waals surface area contributed by atoms with E-state index >= 15 is 0 Å². The minimum absolute atomic E-state index is 0.157. The molecule has 0 aromatic heterocycles. The van der Waals surface area contributed by atoms with Crippen LogP contribution in [0.15, 0.2) is 97.3 Å². The lowest BCUT2D eigenvalue weighted by Crippen LogP contribution is -2.32. The summed E-state index contributed by atoms with van der Waals surface area (Å²) in [4.78, 5) is 4.68.